The Morgan fingerprint density at radius 2 is 1.55 bits per heavy atom. The number of carbonyl (C=O) groups excluding carboxylic acids is 1. The molecule has 0 fully saturated rings. The minimum absolute atomic E-state index is 0.228. The maximum Gasteiger partial charge on any atom is 0.256 e. The van der Waals surface area contributed by atoms with Gasteiger partial charge in [0.25, 0.3) is 5.91 Å². The number of benzene rings is 2. The molecule has 0 aromatic heterocycles. The first-order valence-electron chi connectivity index (χ1n) is 5.29. The maximum atomic E-state index is 13.2. The summed E-state index contributed by atoms with van der Waals surface area (Å²) in [4.78, 5) is 12.2. The molecular weight excluding hydrogens is 525 g/mol. The molecule has 0 aliphatic carbocycles. The van der Waals surface area contributed by atoms with Crippen LogP contribution in [0.2, 0.25) is 0 Å². The molecule has 0 heterocycles. The Hall–Kier alpha value is -0.240. The van der Waals surface area contributed by atoms with E-state index in [1.165, 1.54) is 18.2 Å². The highest BCUT2D eigenvalue weighted by molar-refractivity contribution is 9.11. The minimum Gasteiger partial charge on any atom is -0.320 e. The van der Waals surface area contributed by atoms with Gasteiger partial charge in [0.05, 0.1) is 11.3 Å². The lowest BCUT2D eigenvalue weighted by molar-refractivity contribution is 0.102. The molecule has 2 aromatic carbocycles. The van der Waals surface area contributed by atoms with E-state index < -0.39 is 11.7 Å². The Balaban J connectivity index is 2.35. The average molecular weight is 531 g/mol. The van der Waals surface area contributed by atoms with Crippen molar-refractivity contribution >= 4 is 75.3 Å². The van der Waals surface area contributed by atoms with Crippen molar-refractivity contribution in [3.63, 3.8) is 0 Å². The fraction of sp³-hybridized carbons (Fsp3) is 0. The van der Waals surface area contributed by atoms with E-state index >= 15 is 0 Å². The summed E-state index contributed by atoms with van der Waals surface area (Å²) in [5, 5.41) is 2.74. The summed E-state index contributed by atoms with van der Waals surface area (Å²) in [5.74, 6) is -0.868. The lowest BCUT2D eigenvalue weighted by atomic mass is 10.2. The van der Waals surface area contributed by atoms with Gasteiger partial charge in [-0.3, -0.25) is 4.79 Å². The fourth-order valence-electron chi connectivity index (χ4n) is 1.51. The zero-order chi connectivity index (χ0) is 14.9. The molecule has 0 saturated carbocycles. The van der Waals surface area contributed by atoms with Crippen molar-refractivity contribution in [2.45, 2.75) is 0 Å². The molecule has 0 unspecified atom stereocenters. The van der Waals surface area contributed by atoms with Crippen LogP contribution in [0.4, 0.5) is 10.1 Å². The average Bonchev–Trinajstić information content (AvgIpc) is 2.36. The smallest absolute Gasteiger partial charge is 0.256 e. The Kier molecular flexibility index (Phi) is 5.39. The Bertz CT molecular complexity index is 667. The van der Waals surface area contributed by atoms with Crippen molar-refractivity contribution in [2.24, 2.45) is 0 Å². The number of amides is 1. The van der Waals surface area contributed by atoms with E-state index in [2.05, 4.69) is 69.0 Å². The first kappa shape index (κ1) is 16.1. The lowest BCUT2D eigenvalue weighted by Gasteiger charge is -2.11. The standard InChI is InChI=1S/C13H6Br4FNO/c14-6-3-10(16)12(11(17)4-6)19-13(20)8-5-7(18)1-2-9(8)15/h1-5H,(H,19,20). The summed E-state index contributed by atoms with van der Waals surface area (Å²) >= 11 is 13.3. The molecule has 0 spiro atoms. The number of carbonyl (C=O) groups is 1. The summed E-state index contributed by atoms with van der Waals surface area (Å²) in [6, 6.07) is 7.57. The Morgan fingerprint density at radius 1 is 0.950 bits per heavy atom. The van der Waals surface area contributed by atoms with Crippen LogP contribution < -0.4 is 5.32 Å². The second-order valence-electron chi connectivity index (χ2n) is 3.82. The first-order chi connectivity index (χ1) is 9.38. The lowest BCUT2D eigenvalue weighted by Crippen LogP contribution is -2.13. The molecule has 0 aliphatic rings. The van der Waals surface area contributed by atoms with Gasteiger partial charge in [0.1, 0.15) is 5.82 Å². The van der Waals surface area contributed by atoms with Gasteiger partial charge in [-0.15, -0.1) is 0 Å². The Morgan fingerprint density at radius 3 is 2.15 bits per heavy atom. The number of anilines is 1. The van der Waals surface area contributed by atoms with E-state index in [1.807, 2.05) is 0 Å². The molecule has 2 aromatic rings. The molecule has 1 N–H and O–H groups in total. The second-order valence-corrected chi connectivity index (χ2v) is 7.30. The van der Waals surface area contributed by atoms with Gasteiger partial charge in [-0.2, -0.15) is 0 Å². The van der Waals surface area contributed by atoms with Crippen molar-refractivity contribution in [1.29, 1.82) is 0 Å². The molecule has 0 atom stereocenters. The highest BCUT2D eigenvalue weighted by Gasteiger charge is 2.15. The third-order valence-corrected chi connectivity index (χ3v) is 4.82. The molecular formula is C13H6Br4FNO. The highest BCUT2D eigenvalue weighted by atomic mass is 79.9. The van der Waals surface area contributed by atoms with Crippen LogP contribution >= 0.6 is 63.7 Å². The van der Waals surface area contributed by atoms with Gasteiger partial charge in [0, 0.05) is 17.9 Å². The number of hydrogen-bond acceptors (Lipinski definition) is 1. The van der Waals surface area contributed by atoms with E-state index in [9.17, 15) is 9.18 Å². The van der Waals surface area contributed by atoms with Crippen LogP contribution in [0.1, 0.15) is 10.4 Å². The predicted octanol–water partition coefficient (Wildman–Crippen LogP) is 6.13. The van der Waals surface area contributed by atoms with Gasteiger partial charge in [-0.05, 0) is 78.1 Å². The number of nitrogens with one attached hydrogen (secondary N) is 1. The molecule has 1 amide bonds. The van der Waals surface area contributed by atoms with Crippen LogP contribution in [0.3, 0.4) is 0 Å². The number of rotatable bonds is 2. The van der Waals surface area contributed by atoms with E-state index in [1.54, 1.807) is 12.1 Å². The Labute approximate surface area is 148 Å². The highest BCUT2D eigenvalue weighted by Crippen LogP contribution is 2.35. The van der Waals surface area contributed by atoms with E-state index in [0.29, 0.717) is 19.1 Å². The van der Waals surface area contributed by atoms with Crippen molar-refractivity contribution in [2.75, 3.05) is 5.32 Å². The molecule has 104 valence electrons. The summed E-state index contributed by atoms with van der Waals surface area (Å²) in [7, 11) is 0. The summed E-state index contributed by atoms with van der Waals surface area (Å²) in [6.07, 6.45) is 0. The summed E-state index contributed by atoms with van der Waals surface area (Å²) in [5.41, 5.74) is 0.807. The van der Waals surface area contributed by atoms with E-state index in [4.69, 9.17) is 0 Å². The van der Waals surface area contributed by atoms with Crippen LogP contribution in [0.15, 0.2) is 48.2 Å². The van der Waals surface area contributed by atoms with E-state index in [-0.39, 0.29) is 5.56 Å². The zero-order valence-electron chi connectivity index (χ0n) is 9.68. The monoisotopic (exact) mass is 527 g/mol. The zero-order valence-corrected chi connectivity index (χ0v) is 16.0. The third kappa shape index (κ3) is 3.69. The van der Waals surface area contributed by atoms with Gasteiger partial charge in [-0.1, -0.05) is 15.9 Å². The number of hydrogen-bond donors (Lipinski definition) is 1. The molecule has 2 nitrogen and oxygen atoms in total. The summed E-state index contributed by atoms with van der Waals surface area (Å²) in [6.45, 7) is 0. The van der Waals surface area contributed by atoms with Crippen molar-refractivity contribution in [1.82, 2.24) is 0 Å². The molecule has 2 rings (SSSR count). The molecule has 0 bridgehead atoms. The molecule has 0 radical (unpaired) electrons. The molecule has 0 saturated heterocycles. The van der Waals surface area contributed by atoms with Crippen LogP contribution in [-0.4, -0.2) is 5.91 Å². The molecule has 0 aliphatic heterocycles. The number of halogens is 5. The van der Waals surface area contributed by atoms with Crippen molar-refractivity contribution in [3.8, 4) is 0 Å². The van der Waals surface area contributed by atoms with Crippen molar-refractivity contribution < 1.29 is 9.18 Å². The van der Waals surface area contributed by atoms with Crippen LogP contribution in [0.5, 0.6) is 0 Å². The van der Waals surface area contributed by atoms with Crippen LogP contribution in [0.25, 0.3) is 0 Å². The quantitative estimate of drug-likeness (QED) is 0.497. The van der Waals surface area contributed by atoms with Gasteiger partial charge < -0.3 is 5.32 Å². The largest absolute Gasteiger partial charge is 0.320 e. The van der Waals surface area contributed by atoms with E-state index in [0.717, 1.165) is 4.47 Å². The normalized spacial score (nSPS) is 10.4. The minimum atomic E-state index is -0.465. The SMILES string of the molecule is O=C(Nc1c(Br)cc(Br)cc1Br)c1cc(F)ccc1Br. The predicted molar refractivity (Wildman–Crippen MR) is 91.6 cm³/mol. The van der Waals surface area contributed by atoms with Crippen LogP contribution in [-0.2, 0) is 0 Å². The van der Waals surface area contributed by atoms with Gasteiger partial charge in [0.2, 0.25) is 0 Å². The van der Waals surface area contributed by atoms with Crippen LogP contribution in [0, 0.1) is 5.82 Å². The second kappa shape index (κ2) is 6.68. The maximum absolute atomic E-state index is 13.2. The topological polar surface area (TPSA) is 29.1 Å². The van der Waals surface area contributed by atoms with Gasteiger partial charge in [0.15, 0.2) is 0 Å². The third-order valence-electron chi connectivity index (χ3n) is 2.42. The fourth-order valence-corrected chi connectivity index (χ4v) is 4.40. The first-order valence-corrected chi connectivity index (χ1v) is 8.46. The molecule has 7 heteroatoms. The van der Waals surface area contributed by atoms with Gasteiger partial charge >= 0.3 is 0 Å². The summed E-state index contributed by atoms with van der Waals surface area (Å²) < 4.78 is 16.0. The van der Waals surface area contributed by atoms with Crippen molar-refractivity contribution in [3.05, 3.63) is 59.6 Å². The van der Waals surface area contributed by atoms with Gasteiger partial charge in [-0.25, -0.2) is 4.39 Å². The molecule has 20 heavy (non-hydrogen) atoms.